The van der Waals surface area contributed by atoms with Gasteiger partial charge in [0.1, 0.15) is 18.4 Å². The second-order valence-electron chi connectivity index (χ2n) is 11.3. The van der Waals surface area contributed by atoms with Gasteiger partial charge in [-0.15, -0.1) is 0 Å². The van der Waals surface area contributed by atoms with E-state index in [1.807, 2.05) is 51.1 Å². The van der Waals surface area contributed by atoms with E-state index >= 15 is 0 Å². The van der Waals surface area contributed by atoms with Crippen LogP contribution >= 0.6 is 0 Å². The van der Waals surface area contributed by atoms with Gasteiger partial charge in [-0.05, 0) is 63.4 Å². The highest BCUT2D eigenvalue weighted by Crippen LogP contribution is 2.29. The fourth-order valence-electron chi connectivity index (χ4n) is 4.94. The molecular weight excluding hydrogens is 548 g/mol. The Kier molecular flexibility index (Phi) is 8.37. The lowest BCUT2D eigenvalue weighted by atomic mass is 10.0. The monoisotopic (exact) mass is 584 g/mol. The molecular formula is C29H36N4O7S. The van der Waals surface area contributed by atoms with Crippen LogP contribution in [0.15, 0.2) is 64.3 Å². The number of nitrogens with zero attached hydrogens (tertiary/aromatic N) is 2. The molecule has 12 heteroatoms. The number of aromatic nitrogens is 2. The maximum atomic E-state index is 13.9. The third kappa shape index (κ3) is 6.40. The van der Waals surface area contributed by atoms with Crippen LogP contribution in [0.3, 0.4) is 0 Å². The third-order valence-electron chi connectivity index (χ3n) is 7.21. The zero-order valence-corrected chi connectivity index (χ0v) is 24.3. The van der Waals surface area contributed by atoms with Crippen molar-refractivity contribution in [2.45, 2.75) is 82.4 Å². The highest BCUT2D eigenvalue weighted by Gasteiger charge is 2.42. The molecule has 1 amide bonds. The van der Waals surface area contributed by atoms with E-state index in [1.165, 1.54) is 16.8 Å². The van der Waals surface area contributed by atoms with Crippen molar-refractivity contribution in [3.63, 3.8) is 0 Å². The van der Waals surface area contributed by atoms with E-state index < -0.39 is 33.8 Å². The van der Waals surface area contributed by atoms with Gasteiger partial charge < -0.3 is 9.47 Å². The van der Waals surface area contributed by atoms with Gasteiger partial charge in [-0.1, -0.05) is 30.3 Å². The largest absolute Gasteiger partial charge is 0.489 e. The molecule has 0 radical (unpaired) electrons. The Morgan fingerprint density at radius 3 is 2.49 bits per heavy atom. The van der Waals surface area contributed by atoms with E-state index in [4.69, 9.17) is 14.3 Å². The van der Waals surface area contributed by atoms with Crippen LogP contribution in [0.2, 0.25) is 0 Å². The van der Waals surface area contributed by atoms with E-state index in [0.717, 1.165) is 22.7 Å². The highest BCUT2D eigenvalue weighted by atomic mass is 32.2. The number of H-pyrrole nitrogens is 1. The Morgan fingerprint density at radius 1 is 1.10 bits per heavy atom. The summed E-state index contributed by atoms with van der Waals surface area (Å²) in [6.07, 6.45) is 1.82. The topological polar surface area (TPSA) is 132 Å². The highest BCUT2D eigenvalue weighted by molar-refractivity contribution is 7.89. The number of carbonyl (C=O) groups is 1. The van der Waals surface area contributed by atoms with Gasteiger partial charge in [-0.2, -0.15) is 4.31 Å². The van der Waals surface area contributed by atoms with Crippen molar-refractivity contribution in [1.82, 2.24) is 19.6 Å². The summed E-state index contributed by atoms with van der Waals surface area (Å²) in [5.41, 5.74) is 3.35. The van der Waals surface area contributed by atoms with Crippen molar-refractivity contribution < 1.29 is 27.5 Å². The van der Waals surface area contributed by atoms with Crippen molar-refractivity contribution >= 4 is 15.9 Å². The van der Waals surface area contributed by atoms with Crippen LogP contribution < -0.4 is 15.8 Å². The first-order chi connectivity index (χ1) is 19.5. The Bertz CT molecular complexity index is 1520. The summed E-state index contributed by atoms with van der Waals surface area (Å²) < 4.78 is 41.7. The molecule has 11 nitrogen and oxygen atoms in total. The average Bonchev–Trinajstić information content (AvgIpc) is 3.31. The number of fused-ring (bicyclic) bond motifs is 1. The molecule has 5 rings (SSSR count). The van der Waals surface area contributed by atoms with Gasteiger partial charge >= 0.3 is 0 Å². The quantitative estimate of drug-likeness (QED) is 0.389. The van der Waals surface area contributed by atoms with Gasteiger partial charge in [0.05, 0.1) is 16.0 Å². The second-order valence-corrected chi connectivity index (χ2v) is 13.2. The summed E-state index contributed by atoms with van der Waals surface area (Å²) in [5, 5.41) is 3.10. The van der Waals surface area contributed by atoms with Crippen molar-refractivity contribution in [3.8, 4) is 5.75 Å². The van der Waals surface area contributed by atoms with Gasteiger partial charge in [-0.25, -0.2) is 23.4 Å². The number of amides is 1. The summed E-state index contributed by atoms with van der Waals surface area (Å²) in [6, 6.07) is 14.5. The first-order valence-electron chi connectivity index (χ1n) is 13.7. The number of carbonyl (C=O) groups excluding carboxylic acids is 1. The van der Waals surface area contributed by atoms with Crippen LogP contribution in [0.4, 0.5) is 0 Å². The minimum Gasteiger partial charge on any atom is -0.489 e. The standard InChI is InChI=1S/C29H36N4O7S/c1-29(2,3)33-28(35)23-18-32(25(17-24(23)30-33)27(34)31-40-26-11-7-8-16-38-26)41(36,37)22-14-12-21(13-15-22)39-19-20-9-5-4-6-10-20/h4-6,9-10,12-15,25-26,30H,7-8,11,16-19H2,1-3H3,(H,31,34)/t25-,26?/m1/s1. The van der Waals surface area contributed by atoms with Crippen molar-refractivity contribution in [3.05, 3.63) is 81.8 Å². The van der Waals surface area contributed by atoms with Crippen LogP contribution in [0, 0.1) is 0 Å². The van der Waals surface area contributed by atoms with Crippen LogP contribution in [0.1, 0.15) is 56.9 Å². The minimum absolute atomic E-state index is 0.0194. The Morgan fingerprint density at radius 2 is 1.83 bits per heavy atom. The number of nitrogens with one attached hydrogen (secondary N) is 2. The summed E-state index contributed by atoms with van der Waals surface area (Å²) in [7, 11) is -4.20. The van der Waals surface area contributed by atoms with E-state index in [1.54, 1.807) is 12.1 Å². The van der Waals surface area contributed by atoms with E-state index in [9.17, 15) is 18.0 Å². The molecule has 0 saturated carbocycles. The number of hydrogen-bond acceptors (Lipinski definition) is 7. The lowest BCUT2D eigenvalue weighted by Gasteiger charge is -2.33. The number of hydroxylamine groups is 1. The fourth-order valence-corrected chi connectivity index (χ4v) is 6.49. The van der Waals surface area contributed by atoms with E-state index in [2.05, 4.69) is 10.6 Å². The number of ether oxygens (including phenoxy) is 2. The molecule has 2 N–H and O–H groups in total. The molecule has 2 atom stereocenters. The lowest BCUT2D eigenvalue weighted by Crippen LogP contribution is -2.53. The smallest absolute Gasteiger partial charge is 0.271 e. The van der Waals surface area contributed by atoms with Gasteiger partial charge in [0.25, 0.3) is 11.5 Å². The van der Waals surface area contributed by atoms with Crippen molar-refractivity contribution in [2.75, 3.05) is 6.61 Å². The maximum absolute atomic E-state index is 13.9. The van der Waals surface area contributed by atoms with Gasteiger partial charge in [0.15, 0.2) is 6.29 Å². The van der Waals surface area contributed by atoms with Gasteiger partial charge in [0, 0.05) is 31.7 Å². The number of hydrogen-bond donors (Lipinski definition) is 2. The number of sulfonamides is 1. The Balaban J connectivity index is 1.40. The molecule has 220 valence electrons. The Hall–Kier alpha value is -3.45. The van der Waals surface area contributed by atoms with Crippen molar-refractivity contribution in [2.24, 2.45) is 0 Å². The molecule has 1 unspecified atom stereocenters. The first-order valence-corrected chi connectivity index (χ1v) is 15.2. The van der Waals surface area contributed by atoms with Crippen molar-refractivity contribution in [1.29, 1.82) is 0 Å². The van der Waals surface area contributed by atoms with E-state index in [0.29, 0.717) is 36.6 Å². The van der Waals surface area contributed by atoms with Crippen LogP contribution in [-0.2, 0) is 49.5 Å². The number of rotatable bonds is 8. The van der Waals surface area contributed by atoms with Crippen LogP contribution in [0.25, 0.3) is 0 Å². The molecule has 0 aliphatic carbocycles. The molecule has 3 heterocycles. The summed E-state index contributed by atoms with van der Waals surface area (Å²) >= 11 is 0. The molecule has 2 aromatic carbocycles. The summed E-state index contributed by atoms with van der Waals surface area (Å²) in [4.78, 5) is 32.1. The predicted molar refractivity (Wildman–Crippen MR) is 150 cm³/mol. The zero-order chi connectivity index (χ0) is 29.2. The SMILES string of the molecule is CC(C)(C)n1[nH]c2c(c1=O)CN(S(=O)(=O)c1ccc(OCc3ccccc3)cc1)[C@@H](C(=O)NOC1CCCCO1)C2. The molecule has 2 aliphatic rings. The average molecular weight is 585 g/mol. The lowest BCUT2D eigenvalue weighted by molar-refractivity contribution is -0.202. The van der Waals surface area contributed by atoms with Gasteiger partial charge in [0.2, 0.25) is 10.0 Å². The van der Waals surface area contributed by atoms with E-state index in [-0.39, 0.29) is 23.4 Å². The third-order valence-corrected chi connectivity index (χ3v) is 9.08. The Labute approximate surface area is 239 Å². The molecule has 3 aromatic rings. The fraction of sp³-hybridized carbons (Fsp3) is 0.448. The van der Waals surface area contributed by atoms with Crippen LogP contribution in [-0.4, -0.2) is 47.3 Å². The normalized spacial score (nSPS) is 19.9. The molecule has 0 spiro atoms. The van der Waals surface area contributed by atoms with Gasteiger partial charge in [-0.3, -0.25) is 14.7 Å². The molecule has 1 saturated heterocycles. The molecule has 2 aliphatic heterocycles. The maximum Gasteiger partial charge on any atom is 0.271 e. The second kappa shape index (κ2) is 11.8. The minimum atomic E-state index is -4.20. The summed E-state index contributed by atoms with van der Waals surface area (Å²) in [5.74, 6) is -0.136. The zero-order valence-electron chi connectivity index (χ0n) is 23.5. The number of benzene rings is 2. The predicted octanol–water partition coefficient (Wildman–Crippen LogP) is 3.20. The number of aromatic amines is 1. The molecule has 1 fully saturated rings. The van der Waals surface area contributed by atoms with Crippen LogP contribution in [0.5, 0.6) is 5.75 Å². The molecule has 41 heavy (non-hydrogen) atoms. The molecule has 0 bridgehead atoms. The molecule has 1 aromatic heterocycles. The summed E-state index contributed by atoms with van der Waals surface area (Å²) in [6.45, 7) is 6.21. The first kappa shape index (κ1) is 29.1.